The second-order valence-corrected chi connectivity index (χ2v) is 14.3. The average Bonchev–Trinajstić information content (AvgIpc) is 2.95. The molecule has 0 saturated heterocycles. The number of phosphoric ester groups is 1. The minimum absolute atomic E-state index is 0.0305. The van der Waals surface area contributed by atoms with Crippen LogP contribution in [0.25, 0.3) is 0 Å². The molecule has 44 heavy (non-hydrogen) atoms. The number of rotatable bonds is 31. The fourth-order valence-electron chi connectivity index (χ4n) is 4.51. The number of ether oxygens (including phenoxy) is 2. The molecule has 0 rings (SSSR count). The van der Waals surface area contributed by atoms with Gasteiger partial charge in [-0.15, -0.1) is 0 Å². The summed E-state index contributed by atoms with van der Waals surface area (Å²) >= 11 is 0. The van der Waals surface area contributed by atoms with E-state index in [-0.39, 0.29) is 26.1 Å². The fraction of sp³-hybridized carbons (Fsp3) is 0.882. The fourth-order valence-corrected chi connectivity index (χ4v) is 5.24. The van der Waals surface area contributed by atoms with Gasteiger partial charge in [0.25, 0.3) is 7.82 Å². The van der Waals surface area contributed by atoms with E-state index in [2.05, 4.69) is 19.1 Å². The number of quaternary nitrogens is 1. The number of hydrogen-bond donors (Lipinski definition) is 0. The summed E-state index contributed by atoms with van der Waals surface area (Å²) < 4.78 is 33.1. The first-order valence-corrected chi connectivity index (χ1v) is 18.9. The molecule has 0 radical (unpaired) electrons. The highest BCUT2D eigenvalue weighted by Gasteiger charge is 2.21. The van der Waals surface area contributed by atoms with Gasteiger partial charge < -0.3 is 27.9 Å². The van der Waals surface area contributed by atoms with Crippen molar-refractivity contribution in [2.75, 3.05) is 47.5 Å². The molecule has 0 aliphatic carbocycles. The van der Waals surface area contributed by atoms with Crippen molar-refractivity contribution < 1.29 is 42.1 Å². The molecular formula is C34H66NO8P. The van der Waals surface area contributed by atoms with Crippen LogP contribution < -0.4 is 4.89 Å². The number of esters is 2. The van der Waals surface area contributed by atoms with E-state index in [4.69, 9.17) is 18.5 Å². The Kier molecular flexibility index (Phi) is 27.2. The molecule has 0 aromatic carbocycles. The van der Waals surface area contributed by atoms with Crippen LogP contribution in [-0.4, -0.2) is 70.0 Å². The van der Waals surface area contributed by atoms with Gasteiger partial charge in [0, 0.05) is 12.8 Å². The van der Waals surface area contributed by atoms with Gasteiger partial charge >= 0.3 is 11.9 Å². The monoisotopic (exact) mass is 647 g/mol. The van der Waals surface area contributed by atoms with E-state index in [1.54, 1.807) is 0 Å². The van der Waals surface area contributed by atoms with Gasteiger partial charge in [-0.2, -0.15) is 0 Å². The van der Waals surface area contributed by atoms with Crippen molar-refractivity contribution >= 4 is 19.8 Å². The Morgan fingerprint density at radius 3 is 1.73 bits per heavy atom. The number of likely N-dealkylation sites (N-methyl/N-ethyl adjacent to an activating group) is 1. The topological polar surface area (TPSA) is 111 Å². The number of nitrogens with zero attached hydrogens (tertiary/aromatic N) is 1. The molecule has 0 fully saturated rings. The summed E-state index contributed by atoms with van der Waals surface area (Å²) in [6.45, 7) is 3.82. The van der Waals surface area contributed by atoms with Gasteiger partial charge in [0.2, 0.25) is 0 Å². The van der Waals surface area contributed by atoms with Gasteiger partial charge in [0.15, 0.2) is 6.10 Å². The molecule has 0 aliphatic rings. The molecule has 0 aromatic rings. The Labute approximate surface area is 269 Å². The maximum absolute atomic E-state index is 12.4. The highest BCUT2D eigenvalue weighted by atomic mass is 31.2. The number of hydrogen-bond acceptors (Lipinski definition) is 8. The lowest BCUT2D eigenvalue weighted by atomic mass is 10.1. The maximum Gasteiger partial charge on any atom is 0.306 e. The minimum Gasteiger partial charge on any atom is -0.756 e. The normalized spacial score (nSPS) is 14.0. The van der Waals surface area contributed by atoms with E-state index in [0.717, 1.165) is 19.3 Å². The maximum atomic E-state index is 12.4. The zero-order valence-corrected chi connectivity index (χ0v) is 29.8. The molecule has 0 heterocycles. The lowest BCUT2D eigenvalue weighted by Crippen LogP contribution is -2.37. The summed E-state index contributed by atoms with van der Waals surface area (Å²) in [5.74, 6) is -0.897. The lowest BCUT2D eigenvalue weighted by Gasteiger charge is -2.28. The molecule has 0 N–H and O–H groups in total. The zero-order chi connectivity index (χ0) is 32.9. The predicted octanol–water partition coefficient (Wildman–Crippen LogP) is 8.05. The van der Waals surface area contributed by atoms with Crippen LogP contribution in [-0.2, 0) is 32.7 Å². The summed E-state index contributed by atoms with van der Waals surface area (Å²) in [4.78, 5) is 36.3. The molecule has 0 aromatic heterocycles. The summed E-state index contributed by atoms with van der Waals surface area (Å²) in [6, 6.07) is 0. The van der Waals surface area contributed by atoms with Crippen LogP contribution in [0.4, 0.5) is 0 Å². The summed E-state index contributed by atoms with van der Waals surface area (Å²) in [7, 11) is 1.16. The first-order chi connectivity index (χ1) is 21.0. The van der Waals surface area contributed by atoms with E-state index in [1.807, 2.05) is 28.1 Å². The summed E-state index contributed by atoms with van der Waals surface area (Å²) in [6.07, 6.45) is 25.5. The van der Waals surface area contributed by atoms with Crippen molar-refractivity contribution in [1.29, 1.82) is 0 Å². The largest absolute Gasteiger partial charge is 0.756 e. The van der Waals surface area contributed by atoms with Crippen LogP contribution in [0.2, 0.25) is 0 Å². The number of carbonyl (C=O) groups excluding carboxylic acids is 2. The predicted molar refractivity (Wildman–Crippen MR) is 176 cm³/mol. The molecule has 10 heteroatoms. The van der Waals surface area contributed by atoms with E-state index in [9.17, 15) is 19.0 Å². The number of allylic oxidation sites excluding steroid dienone is 2. The quantitative estimate of drug-likeness (QED) is 0.0244. The van der Waals surface area contributed by atoms with E-state index < -0.39 is 32.5 Å². The Morgan fingerprint density at radius 1 is 0.682 bits per heavy atom. The van der Waals surface area contributed by atoms with Crippen molar-refractivity contribution in [2.24, 2.45) is 0 Å². The molecule has 0 aliphatic heterocycles. The smallest absolute Gasteiger partial charge is 0.306 e. The van der Waals surface area contributed by atoms with Gasteiger partial charge in [-0.05, 0) is 38.5 Å². The van der Waals surface area contributed by atoms with E-state index >= 15 is 0 Å². The highest BCUT2D eigenvalue weighted by molar-refractivity contribution is 7.45. The van der Waals surface area contributed by atoms with E-state index in [0.29, 0.717) is 23.9 Å². The van der Waals surface area contributed by atoms with Crippen LogP contribution in [0.5, 0.6) is 0 Å². The molecule has 260 valence electrons. The van der Waals surface area contributed by atoms with Crippen molar-refractivity contribution in [1.82, 2.24) is 0 Å². The Balaban J connectivity index is 4.04. The van der Waals surface area contributed by atoms with Gasteiger partial charge in [0.05, 0.1) is 27.7 Å². The third-order valence-corrected chi connectivity index (χ3v) is 8.22. The minimum atomic E-state index is -4.59. The van der Waals surface area contributed by atoms with Crippen LogP contribution >= 0.6 is 7.82 Å². The van der Waals surface area contributed by atoms with Crippen molar-refractivity contribution in [3.63, 3.8) is 0 Å². The lowest BCUT2D eigenvalue weighted by molar-refractivity contribution is -0.870. The molecule has 9 nitrogen and oxygen atoms in total. The van der Waals surface area contributed by atoms with Crippen LogP contribution in [0.15, 0.2) is 12.2 Å². The number of carbonyl (C=O) groups is 2. The molecule has 2 atom stereocenters. The van der Waals surface area contributed by atoms with Crippen LogP contribution in [0, 0.1) is 0 Å². The molecular weight excluding hydrogens is 581 g/mol. The van der Waals surface area contributed by atoms with Gasteiger partial charge in [-0.25, -0.2) is 0 Å². The molecule has 0 saturated carbocycles. The van der Waals surface area contributed by atoms with Crippen molar-refractivity contribution in [2.45, 2.75) is 148 Å². The zero-order valence-electron chi connectivity index (χ0n) is 28.9. The average molecular weight is 648 g/mol. The number of unbranched alkanes of at least 4 members (excludes halogenated alkanes) is 15. The Bertz CT molecular complexity index is 784. The van der Waals surface area contributed by atoms with Crippen LogP contribution in [0.3, 0.4) is 0 Å². The second kappa shape index (κ2) is 28.0. The molecule has 0 spiro atoms. The Hall–Kier alpha value is -1.25. The van der Waals surface area contributed by atoms with Gasteiger partial charge in [-0.3, -0.25) is 14.2 Å². The molecule has 2 unspecified atom stereocenters. The SMILES string of the molecule is CCCCCCCC/C=C\CCCCCCCCCCCC(=O)OC(COC(=O)CCC)COP(=O)([O-])OCC[N+](C)(C)C. The van der Waals surface area contributed by atoms with Crippen molar-refractivity contribution in [3.05, 3.63) is 12.2 Å². The molecule has 0 amide bonds. The standard InChI is InChI=1S/C34H66NO8P/c1-6-8-9-10-11-12-13-14-15-16-17-18-19-20-21-22-23-24-25-27-34(37)43-32(30-40-33(36)26-7-2)31-42-44(38,39)41-29-28-35(3,4)5/h14-15,32H,6-13,16-31H2,1-5H3/b15-14-. The second-order valence-electron chi connectivity index (χ2n) is 12.9. The van der Waals surface area contributed by atoms with Gasteiger partial charge in [-0.1, -0.05) is 103 Å². The highest BCUT2D eigenvalue weighted by Crippen LogP contribution is 2.38. The summed E-state index contributed by atoms with van der Waals surface area (Å²) in [5, 5.41) is 0. The van der Waals surface area contributed by atoms with E-state index in [1.165, 1.54) is 83.5 Å². The van der Waals surface area contributed by atoms with Gasteiger partial charge in [0.1, 0.15) is 19.8 Å². The first-order valence-electron chi connectivity index (χ1n) is 17.4. The summed E-state index contributed by atoms with van der Waals surface area (Å²) in [5.41, 5.74) is 0. The number of phosphoric acid groups is 1. The third-order valence-electron chi connectivity index (χ3n) is 7.26. The first kappa shape index (κ1) is 42.8. The van der Waals surface area contributed by atoms with Crippen LogP contribution in [0.1, 0.15) is 142 Å². The third kappa shape index (κ3) is 30.8. The molecule has 0 bridgehead atoms. The van der Waals surface area contributed by atoms with Crippen molar-refractivity contribution in [3.8, 4) is 0 Å². The Morgan fingerprint density at radius 2 is 1.20 bits per heavy atom.